The third-order valence-corrected chi connectivity index (χ3v) is 5.11. The number of carbonyl (C=O) groups excluding carboxylic acids is 2. The first kappa shape index (κ1) is 17.0. The van der Waals surface area contributed by atoms with Crippen LogP contribution >= 0.6 is 0 Å². The molecule has 2 aliphatic heterocycles. The summed E-state index contributed by atoms with van der Waals surface area (Å²) in [5, 5.41) is 3.21. The molecule has 2 heterocycles. The molecule has 0 spiro atoms. The minimum atomic E-state index is -0.0502. The number of carbonyl (C=O) groups is 2. The van der Waals surface area contributed by atoms with Gasteiger partial charge in [0, 0.05) is 45.7 Å². The Bertz CT molecular complexity index is 575. The van der Waals surface area contributed by atoms with Gasteiger partial charge >= 0.3 is 0 Å². The van der Waals surface area contributed by atoms with Crippen molar-refractivity contribution in [1.29, 1.82) is 0 Å². The van der Waals surface area contributed by atoms with Crippen molar-refractivity contribution < 1.29 is 9.59 Å². The molecule has 1 aromatic carbocycles. The van der Waals surface area contributed by atoms with Crippen LogP contribution in [-0.2, 0) is 16.1 Å². The van der Waals surface area contributed by atoms with Crippen molar-refractivity contribution in [2.24, 2.45) is 5.92 Å². The standard InChI is InChI=1S/C19H27N3O2/c1-15(23)22-10-5-8-17(13-22)19(24)20-18-9-11-21(14-18)12-16-6-3-2-4-7-16/h2-4,6-7,17-18H,5,8-14H2,1H3,(H,20,24). The summed E-state index contributed by atoms with van der Waals surface area (Å²) in [5.41, 5.74) is 1.31. The van der Waals surface area contributed by atoms with Crippen LogP contribution in [0.3, 0.4) is 0 Å². The molecule has 5 heteroatoms. The second kappa shape index (κ2) is 7.79. The van der Waals surface area contributed by atoms with Gasteiger partial charge in [0.05, 0.1) is 5.92 Å². The molecule has 0 bridgehead atoms. The van der Waals surface area contributed by atoms with Crippen molar-refractivity contribution in [2.45, 2.75) is 38.8 Å². The molecule has 0 aliphatic carbocycles. The minimum Gasteiger partial charge on any atom is -0.352 e. The number of piperidine rings is 1. The van der Waals surface area contributed by atoms with Gasteiger partial charge in [0.25, 0.3) is 0 Å². The van der Waals surface area contributed by atoms with E-state index in [4.69, 9.17) is 0 Å². The molecule has 1 aromatic rings. The van der Waals surface area contributed by atoms with E-state index in [1.54, 1.807) is 11.8 Å². The summed E-state index contributed by atoms with van der Waals surface area (Å²) >= 11 is 0. The molecule has 5 nitrogen and oxygen atoms in total. The summed E-state index contributed by atoms with van der Waals surface area (Å²) in [6.45, 7) is 5.80. The van der Waals surface area contributed by atoms with Gasteiger partial charge in [-0.1, -0.05) is 30.3 Å². The molecule has 0 aromatic heterocycles. The van der Waals surface area contributed by atoms with Gasteiger partial charge < -0.3 is 10.2 Å². The number of amides is 2. The minimum absolute atomic E-state index is 0.0502. The number of rotatable bonds is 4. The average Bonchev–Trinajstić information content (AvgIpc) is 3.02. The van der Waals surface area contributed by atoms with Gasteiger partial charge in [-0.2, -0.15) is 0 Å². The summed E-state index contributed by atoms with van der Waals surface area (Å²) in [4.78, 5) is 28.2. The largest absolute Gasteiger partial charge is 0.352 e. The zero-order valence-corrected chi connectivity index (χ0v) is 14.4. The highest BCUT2D eigenvalue weighted by molar-refractivity contribution is 5.81. The summed E-state index contributed by atoms with van der Waals surface area (Å²) in [5.74, 6) is 0.140. The molecule has 0 radical (unpaired) electrons. The normalized spacial score (nSPS) is 24.8. The molecule has 3 rings (SSSR count). The first-order valence-corrected chi connectivity index (χ1v) is 8.94. The number of nitrogens with one attached hydrogen (secondary N) is 1. The van der Waals surface area contributed by atoms with Gasteiger partial charge in [-0.3, -0.25) is 14.5 Å². The van der Waals surface area contributed by atoms with Crippen molar-refractivity contribution in [1.82, 2.24) is 15.1 Å². The lowest BCUT2D eigenvalue weighted by Crippen LogP contribution is -2.47. The summed E-state index contributed by atoms with van der Waals surface area (Å²) in [6.07, 6.45) is 2.81. The maximum atomic E-state index is 12.5. The van der Waals surface area contributed by atoms with Crippen LogP contribution in [0.15, 0.2) is 30.3 Å². The lowest BCUT2D eigenvalue weighted by molar-refractivity contribution is -0.134. The number of hydrogen-bond donors (Lipinski definition) is 1. The van der Waals surface area contributed by atoms with E-state index in [0.29, 0.717) is 6.54 Å². The van der Waals surface area contributed by atoms with Gasteiger partial charge in [0.2, 0.25) is 11.8 Å². The molecule has 130 valence electrons. The number of benzene rings is 1. The Hall–Kier alpha value is -1.88. The Balaban J connectivity index is 1.46. The van der Waals surface area contributed by atoms with Gasteiger partial charge in [0.15, 0.2) is 0 Å². The third-order valence-electron chi connectivity index (χ3n) is 5.11. The number of hydrogen-bond acceptors (Lipinski definition) is 3. The quantitative estimate of drug-likeness (QED) is 0.913. The fourth-order valence-corrected chi connectivity index (χ4v) is 3.73. The van der Waals surface area contributed by atoms with Crippen LogP contribution in [0.2, 0.25) is 0 Å². The lowest BCUT2D eigenvalue weighted by atomic mass is 9.96. The van der Waals surface area contributed by atoms with Gasteiger partial charge in [-0.05, 0) is 24.8 Å². The van der Waals surface area contributed by atoms with Crippen molar-refractivity contribution in [2.75, 3.05) is 26.2 Å². The Morgan fingerprint density at radius 2 is 1.92 bits per heavy atom. The lowest BCUT2D eigenvalue weighted by Gasteiger charge is -2.31. The predicted molar refractivity (Wildman–Crippen MR) is 93.2 cm³/mol. The smallest absolute Gasteiger partial charge is 0.225 e. The molecular weight excluding hydrogens is 302 g/mol. The second-order valence-electron chi connectivity index (χ2n) is 7.02. The van der Waals surface area contributed by atoms with E-state index in [1.165, 1.54) is 5.56 Å². The summed E-state index contributed by atoms with van der Waals surface area (Å²) in [7, 11) is 0. The van der Waals surface area contributed by atoms with E-state index in [0.717, 1.165) is 45.4 Å². The molecule has 24 heavy (non-hydrogen) atoms. The third kappa shape index (κ3) is 4.35. The van der Waals surface area contributed by atoms with E-state index >= 15 is 0 Å². The van der Waals surface area contributed by atoms with Crippen molar-refractivity contribution in [3.8, 4) is 0 Å². The Kier molecular flexibility index (Phi) is 5.51. The molecule has 0 saturated carbocycles. The molecular formula is C19H27N3O2. The fraction of sp³-hybridized carbons (Fsp3) is 0.579. The van der Waals surface area contributed by atoms with E-state index in [1.807, 2.05) is 6.07 Å². The Morgan fingerprint density at radius 3 is 2.67 bits per heavy atom. The van der Waals surface area contributed by atoms with E-state index in [-0.39, 0.29) is 23.8 Å². The maximum Gasteiger partial charge on any atom is 0.225 e. The van der Waals surface area contributed by atoms with Crippen molar-refractivity contribution in [3.05, 3.63) is 35.9 Å². The summed E-state index contributed by atoms with van der Waals surface area (Å²) in [6, 6.07) is 10.7. The van der Waals surface area contributed by atoms with Gasteiger partial charge in [-0.25, -0.2) is 0 Å². The molecule has 2 saturated heterocycles. The van der Waals surface area contributed by atoms with Crippen LogP contribution < -0.4 is 5.32 Å². The molecule has 2 unspecified atom stereocenters. The van der Waals surface area contributed by atoms with Crippen molar-refractivity contribution in [3.63, 3.8) is 0 Å². The van der Waals surface area contributed by atoms with Crippen LogP contribution in [0, 0.1) is 5.92 Å². The highest BCUT2D eigenvalue weighted by Crippen LogP contribution is 2.19. The van der Waals surface area contributed by atoms with Gasteiger partial charge in [-0.15, -0.1) is 0 Å². The maximum absolute atomic E-state index is 12.5. The van der Waals surface area contributed by atoms with Crippen LogP contribution in [0.1, 0.15) is 31.7 Å². The fourth-order valence-electron chi connectivity index (χ4n) is 3.73. The number of likely N-dealkylation sites (tertiary alicyclic amines) is 2. The van der Waals surface area contributed by atoms with Crippen LogP contribution in [0.5, 0.6) is 0 Å². The highest BCUT2D eigenvalue weighted by Gasteiger charge is 2.30. The van der Waals surface area contributed by atoms with Crippen LogP contribution in [0.25, 0.3) is 0 Å². The van der Waals surface area contributed by atoms with E-state index in [2.05, 4.69) is 34.5 Å². The SMILES string of the molecule is CC(=O)N1CCCC(C(=O)NC2CCN(Cc3ccccc3)C2)C1. The molecule has 2 amide bonds. The highest BCUT2D eigenvalue weighted by atomic mass is 16.2. The Morgan fingerprint density at radius 1 is 1.12 bits per heavy atom. The number of nitrogens with zero attached hydrogens (tertiary/aromatic N) is 2. The first-order valence-electron chi connectivity index (χ1n) is 8.94. The summed E-state index contributed by atoms with van der Waals surface area (Å²) < 4.78 is 0. The van der Waals surface area contributed by atoms with Crippen molar-refractivity contribution >= 4 is 11.8 Å². The molecule has 2 atom stereocenters. The average molecular weight is 329 g/mol. The van der Waals surface area contributed by atoms with E-state index < -0.39 is 0 Å². The first-order chi connectivity index (χ1) is 11.6. The topological polar surface area (TPSA) is 52.7 Å². The monoisotopic (exact) mass is 329 g/mol. The Labute approximate surface area is 144 Å². The predicted octanol–water partition coefficient (Wildman–Crippen LogP) is 1.64. The van der Waals surface area contributed by atoms with E-state index in [9.17, 15) is 9.59 Å². The zero-order chi connectivity index (χ0) is 16.9. The molecule has 2 fully saturated rings. The van der Waals surface area contributed by atoms with Crippen LogP contribution in [0.4, 0.5) is 0 Å². The second-order valence-corrected chi connectivity index (χ2v) is 7.02. The molecule has 2 aliphatic rings. The van der Waals surface area contributed by atoms with Crippen LogP contribution in [-0.4, -0.2) is 53.8 Å². The van der Waals surface area contributed by atoms with Gasteiger partial charge in [0.1, 0.15) is 0 Å². The molecule has 1 N–H and O–H groups in total. The zero-order valence-electron chi connectivity index (χ0n) is 14.4.